The lowest BCUT2D eigenvalue weighted by atomic mass is 10.0. The molecule has 0 saturated carbocycles. The normalized spacial score (nSPS) is 10.8. The molecule has 170 valence electrons. The summed E-state index contributed by atoms with van der Waals surface area (Å²) in [4.78, 5) is 21.6. The SMILES string of the molecule is C=CC(=O)OCCCO.CCCCCCCCC(=CCCNCCCC)C(N)=O. The lowest BCUT2D eigenvalue weighted by molar-refractivity contribution is -0.138. The number of hydrogen-bond acceptors (Lipinski definition) is 5. The number of aliphatic hydroxyl groups excluding tert-OH is 1. The van der Waals surface area contributed by atoms with Crippen molar-refractivity contribution in [3.8, 4) is 0 Å². The third kappa shape index (κ3) is 24.3. The van der Waals surface area contributed by atoms with Crippen molar-refractivity contribution in [2.24, 2.45) is 5.73 Å². The van der Waals surface area contributed by atoms with E-state index in [2.05, 4.69) is 30.5 Å². The van der Waals surface area contributed by atoms with Gasteiger partial charge in [0.25, 0.3) is 0 Å². The number of hydrogen-bond donors (Lipinski definition) is 3. The zero-order chi connectivity index (χ0) is 22.2. The third-order valence-electron chi connectivity index (χ3n) is 4.25. The second kappa shape index (κ2) is 24.4. The summed E-state index contributed by atoms with van der Waals surface area (Å²) in [5.74, 6) is -0.685. The maximum absolute atomic E-state index is 11.4. The molecule has 0 bridgehead atoms. The van der Waals surface area contributed by atoms with Crippen LogP contribution in [0.3, 0.4) is 0 Å². The summed E-state index contributed by atoms with van der Waals surface area (Å²) in [5, 5.41) is 11.6. The molecule has 0 rings (SSSR count). The minimum atomic E-state index is -0.441. The van der Waals surface area contributed by atoms with E-state index in [1.807, 2.05) is 6.08 Å². The van der Waals surface area contributed by atoms with Gasteiger partial charge in [0.05, 0.1) is 6.61 Å². The average molecular weight is 413 g/mol. The maximum atomic E-state index is 11.4. The Morgan fingerprint density at radius 2 is 1.66 bits per heavy atom. The summed E-state index contributed by atoms with van der Waals surface area (Å²) in [6.45, 7) is 9.93. The van der Waals surface area contributed by atoms with Gasteiger partial charge in [0.1, 0.15) is 0 Å². The number of carbonyl (C=O) groups excluding carboxylic acids is 2. The Bertz CT molecular complexity index is 437. The van der Waals surface area contributed by atoms with E-state index in [-0.39, 0.29) is 19.1 Å². The van der Waals surface area contributed by atoms with Crippen molar-refractivity contribution in [3.05, 3.63) is 24.3 Å². The number of nitrogens with two attached hydrogens (primary N) is 1. The van der Waals surface area contributed by atoms with Gasteiger partial charge in [-0.15, -0.1) is 0 Å². The van der Waals surface area contributed by atoms with Gasteiger partial charge in [0, 0.05) is 24.7 Å². The molecule has 6 heteroatoms. The van der Waals surface area contributed by atoms with E-state index >= 15 is 0 Å². The highest BCUT2D eigenvalue weighted by Gasteiger charge is 2.04. The molecule has 4 N–H and O–H groups in total. The number of rotatable bonds is 18. The zero-order valence-electron chi connectivity index (χ0n) is 18.7. The van der Waals surface area contributed by atoms with Crippen LogP contribution in [0.2, 0.25) is 0 Å². The van der Waals surface area contributed by atoms with E-state index in [0.717, 1.165) is 44.0 Å². The minimum absolute atomic E-state index is 0.0461. The molecule has 29 heavy (non-hydrogen) atoms. The zero-order valence-corrected chi connectivity index (χ0v) is 18.7. The van der Waals surface area contributed by atoms with Crippen molar-refractivity contribution in [1.82, 2.24) is 5.32 Å². The molecule has 0 fully saturated rings. The number of carbonyl (C=O) groups is 2. The van der Waals surface area contributed by atoms with Crippen molar-refractivity contribution >= 4 is 11.9 Å². The number of nitrogens with one attached hydrogen (secondary N) is 1. The average Bonchev–Trinajstić information content (AvgIpc) is 2.71. The van der Waals surface area contributed by atoms with Gasteiger partial charge in [-0.05, 0) is 38.8 Å². The fraction of sp³-hybridized carbons (Fsp3) is 0.739. The molecule has 0 saturated heterocycles. The monoisotopic (exact) mass is 412 g/mol. The smallest absolute Gasteiger partial charge is 0.330 e. The van der Waals surface area contributed by atoms with Crippen molar-refractivity contribution in [1.29, 1.82) is 0 Å². The van der Waals surface area contributed by atoms with Crippen LogP contribution in [0.4, 0.5) is 0 Å². The van der Waals surface area contributed by atoms with Gasteiger partial charge in [-0.25, -0.2) is 4.79 Å². The van der Waals surface area contributed by atoms with Crippen molar-refractivity contribution in [2.75, 3.05) is 26.3 Å². The van der Waals surface area contributed by atoms with Gasteiger partial charge in [-0.3, -0.25) is 4.79 Å². The number of ether oxygens (including phenoxy) is 1. The summed E-state index contributed by atoms with van der Waals surface area (Å²) in [5.41, 5.74) is 6.25. The predicted molar refractivity (Wildman–Crippen MR) is 121 cm³/mol. The maximum Gasteiger partial charge on any atom is 0.330 e. The Hall–Kier alpha value is -1.66. The van der Waals surface area contributed by atoms with Crippen LogP contribution in [0.15, 0.2) is 24.3 Å². The number of aliphatic hydroxyl groups is 1. The van der Waals surface area contributed by atoms with Crippen molar-refractivity contribution in [2.45, 2.75) is 84.5 Å². The molecule has 0 aromatic heterocycles. The summed E-state index contributed by atoms with van der Waals surface area (Å²) >= 11 is 0. The fourth-order valence-corrected chi connectivity index (χ4v) is 2.49. The van der Waals surface area contributed by atoms with Crippen LogP contribution in [-0.4, -0.2) is 43.3 Å². The van der Waals surface area contributed by atoms with Crippen LogP contribution >= 0.6 is 0 Å². The fourth-order valence-electron chi connectivity index (χ4n) is 2.49. The van der Waals surface area contributed by atoms with E-state index in [1.54, 1.807) is 0 Å². The molecule has 0 radical (unpaired) electrons. The standard InChI is InChI=1S/C17H34N2O.C6H10O3/c1-3-5-7-8-9-10-12-16(17(18)20)13-11-15-19-14-6-4-2;1-2-6(8)9-5-3-4-7/h13,19H,3-12,14-15H2,1-2H3,(H2,18,20);2,7H,1,3-5H2. The Balaban J connectivity index is 0. The first-order valence-corrected chi connectivity index (χ1v) is 11.1. The summed E-state index contributed by atoms with van der Waals surface area (Å²) in [6, 6.07) is 0. The minimum Gasteiger partial charge on any atom is -0.462 e. The Morgan fingerprint density at radius 3 is 2.24 bits per heavy atom. The Morgan fingerprint density at radius 1 is 1.00 bits per heavy atom. The van der Waals surface area contributed by atoms with Crippen LogP contribution in [0.25, 0.3) is 0 Å². The Kier molecular flexibility index (Phi) is 24.8. The second-order valence-corrected chi connectivity index (χ2v) is 6.95. The lowest BCUT2D eigenvalue weighted by Gasteiger charge is -2.05. The molecule has 0 aliphatic heterocycles. The number of unbranched alkanes of at least 4 members (excludes halogenated alkanes) is 6. The highest BCUT2D eigenvalue weighted by molar-refractivity contribution is 5.91. The highest BCUT2D eigenvalue weighted by Crippen LogP contribution is 2.12. The van der Waals surface area contributed by atoms with E-state index < -0.39 is 5.97 Å². The molecule has 0 spiro atoms. The van der Waals surface area contributed by atoms with E-state index in [4.69, 9.17) is 10.8 Å². The predicted octanol–water partition coefficient (Wildman–Crippen LogP) is 4.03. The molecule has 0 aromatic carbocycles. The first-order valence-electron chi connectivity index (χ1n) is 11.1. The van der Waals surface area contributed by atoms with Gasteiger partial charge < -0.3 is 20.9 Å². The molecular weight excluding hydrogens is 368 g/mol. The van der Waals surface area contributed by atoms with Crippen molar-refractivity contribution < 1.29 is 19.4 Å². The molecule has 0 aliphatic rings. The van der Waals surface area contributed by atoms with Gasteiger partial charge in [-0.2, -0.15) is 0 Å². The second-order valence-electron chi connectivity index (χ2n) is 6.95. The van der Waals surface area contributed by atoms with Crippen molar-refractivity contribution in [3.63, 3.8) is 0 Å². The van der Waals surface area contributed by atoms with E-state index in [1.165, 1.54) is 44.9 Å². The first-order chi connectivity index (χ1) is 14.0. The third-order valence-corrected chi connectivity index (χ3v) is 4.25. The van der Waals surface area contributed by atoms with Gasteiger partial charge in [-0.1, -0.05) is 65.0 Å². The highest BCUT2D eigenvalue weighted by atomic mass is 16.5. The van der Waals surface area contributed by atoms with Gasteiger partial charge in [0.15, 0.2) is 0 Å². The molecule has 0 heterocycles. The van der Waals surface area contributed by atoms with Gasteiger partial charge in [0.2, 0.25) is 5.91 Å². The summed E-state index contributed by atoms with van der Waals surface area (Å²) in [6.07, 6.45) is 15.3. The molecule has 1 amide bonds. The molecule has 0 unspecified atom stereocenters. The molecular formula is C23H44N2O4. The molecule has 0 aliphatic carbocycles. The van der Waals surface area contributed by atoms with Crippen LogP contribution in [0.5, 0.6) is 0 Å². The van der Waals surface area contributed by atoms with Gasteiger partial charge >= 0.3 is 5.97 Å². The van der Waals surface area contributed by atoms with Crippen LogP contribution in [-0.2, 0) is 14.3 Å². The number of amides is 1. The Labute approximate surface area is 178 Å². The summed E-state index contributed by atoms with van der Waals surface area (Å²) < 4.78 is 4.51. The van der Waals surface area contributed by atoms with E-state index in [0.29, 0.717) is 6.42 Å². The molecule has 6 nitrogen and oxygen atoms in total. The first kappa shape index (κ1) is 29.5. The number of primary amides is 1. The van der Waals surface area contributed by atoms with Crippen LogP contribution in [0, 0.1) is 0 Å². The van der Waals surface area contributed by atoms with E-state index in [9.17, 15) is 9.59 Å². The van der Waals surface area contributed by atoms with Crippen LogP contribution in [0.1, 0.15) is 84.5 Å². The lowest BCUT2D eigenvalue weighted by Crippen LogP contribution is -2.17. The quantitative estimate of drug-likeness (QED) is 0.179. The molecule has 0 atom stereocenters. The van der Waals surface area contributed by atoms with Crippen LogP contribution < -0.4 is 11.1 Å². The summed E-state index contributed by atoms with van der Waals surface area (Å²) in [7, 11) is 0. The topological polar surface area (TPSA) is 102 Å². The molecule has 0 aromatic rings. The largest absolute Gasteiger partial charge is 0.462 e. The number of esters is 1.